The summed E-state index contributed by atoms with van der Waals surface area (Å²) in [5.74, 6) is 0.0561. The largest absolute Gasteiger partial charge is 0.349 e. The lowest BCUT2D eigenvalue weighted by Crippen LogP contribution is -2.28. The molecule has 26 heavy (non-hydrogen) atoms. The molecule has 1 N–H and O–H groups in total. The molecule has 1 aliphatic carbocycles. The maximum Gasteiger partial charge on any atom is 0.220 e. The highest BCUT2D eigenvalue weighted by Gasteiger charge is 2.16. The first-order valence-corrected chi connectivity index (χ1v) is 10.2. The highest BCUT2D eigenvalue weighted by atomic mass is 35.5. The zero-order valence-corrected chi connectivity index (χ0v) is 16.7. The van der Waals surface area contributed by atoms with E-state index in [1.165, 1.54) is 36.0 Å². The SMILES string of the molecule is CC[C@H](NC(=O)CCc1ccc(Cl)cc1Cl)c1ccc2c(c1)CCCC2. The average molecular weight is 390 g/mol. The number of carbonyl (C=O) groups excluding carboxylic acids is 1. The van der Waals surface area contributed by atoms with Gasteiger partial charge >= 0.3 is 0 Å². The van der Waals surface area contributed by atoms with Gasteiger partial charge in [0, 0.05) is 16.5 Å². The van der Waals surface area contributed by atoms with Crippen molar-refractivity contribution in [2.24, 2.45) is 0 Å². The van der Waals surface area contributed by atoms with Gasteiger partial charge in [-0.15, -0.1) is 0 Å². The van der Waals surface area contributed by atoms with Gasteiger partial charge in [-0.2, -0.15) is 0 Å². The number of fused-ring (bicyclic) bond motifs is 1. The molecule has 0 radical (unpaired) electrons. The number of amides is 1. The first kappa shape index (κ1) is 19.3. The van der Waals surface area contributed by atoms with Crippen molar-refractivity contribution in [3.8, 4) is 0 Å². The van der Waals surface area contributed by atoms with E-state index in [0.29, 0.717) is 22.9 Å². The molecule has 0 unspecified atom stereocenters. The average Bonchev–Trinajstić information content (AvgIpc) is 2.65. The fraction of sp³-hybridized carbons (Fsp3) is 0.409. The van der Waals surface area contributed by atoms with Crippen LogP contribution < -0.4 is 5.32 Å². The molecule has 2 aromatic rings. The third kappa shape index (κ3) is 4.81. The standard InChI is InChI=1S/C22H25Cl2NO/c1-2-21(18-8-7-15-5-3-4-6-17(15)13-18)25-22(26)12-10-16-9-11-19(23)14-20(16)24/h7-9,11,13-14,21H,2-6,10,12H2,1H3,(H,25,26)/t21-/m0/s1. The maximum atomic E-state index is 12.4. The summed E-state index contributed by atoms with van der Waals surface area (Å²) >= 11 is 12.1. The Balaban J connectivity index is 1.61. The van der Waals surface area contributed by atoms with E-state index in [1.54, 1.807) is 6.07 Å². The topological polar surface area (TPSA) is 29.1 Å². The number of hydrogen-bond acceptors (Lipinski definition) is 1. The normalized spacial score (nSPS) is 14.6. The Kier molecular flexibility index (Phi) is 6.61. The van der Waals surface area contributed by atoms with E-state index >= 15 is 0 Å². The van der Waals surface area contributed by atoms with Crippen LogP contribution in [0.2, 0.25) is 10.0 Å². The molecule has 4 heteroatoms. The van der Waals surface area contributed by atoms with Crippen LogP contribution >= 0.6 is 23.2 Å². The van der Waals surface area contributed by atoms with E-state index in [4.69, 9.17) is 23.2 Å². The molecule has 1 amide bonds. The molecule has 0 aromatic heterocycles. The Morgan fingerprint density at radius 3 is 2.58 bits per heavy atom. The van der Waals surface area contributed by atoms with Crippen LogP contribution in [0.5, 0.6) is 0 Å². The molecule has 0 heterocycles. The molecule has 0 saturated heterocycles. The first-order valence-electron chi connectivity index (χ1n) is 9.42. The van der Waals surface area contributed by atoms with Crippen molar-refractivity contribution in [1.29, 1.82) is 0 Å². The van der Waals surface area contributed by atoms with E-state index in [-0.39, 0.29) is 11.9 Å². The minimum absolute atomic E-state index is 0.0561. The quantitative estimate of drug-likeness (QED) is 0.637. The van der Waals surface area contributed by atoms with E-state index in [2.05, 4.69) is 30.4 Å². The first-order chi connectivity index (χ1) is 12.6. The molecule has 0 saturated carbocycles. The summed E-state index contributed by atoms with van der Waals surface area (Å²) in [4.78, 5) is 12.4. The van der Waals surface area contributed by atoms with Crippen LogP contribution in [-0.4, -0.2) is 5.91 Å². The van der Waals surface area contributed by atoms with E-state index < -0.39 is 0 Å². The van der Waals surface area contributed by atoms with E-state index in [0.717, 1.165) is 18.4 Å². The van der Waals surface area contributed by atoms with Gasteiger partial charge in [-0.3, -0.25) is 4.79 Å². The second kappa shape index (κ2) is 8.92. The summed E-state index contributed by atoms with van der Waals surface area (Å²) in [7, 11) is 0. The zero-order valence-electron chi connectivity index (χ0n) is 15.2. The monoisotopic (exact) mass is 389 g/mol. The molecule has 1 aliphatic rings. The van der Waals surface area contributed by atoms with Gasteiger partial charge in [0.25, 0.3) is 0 Å². The number of halogens is 2. The number of aryl methyl sites for hydroxylation is 3. The van der Waals surface area contributed by atoms with E-state index in [1.807, 2.05) is 12.1 Å². The lowest BCUT2D eigenvalue weighted by molar-refractivity contribution is -0.121. The number of hydrogen-bond donors (Lipinski definition) is 1. The lowest BCUT2D eigenvalue weighted by atomic mass is 9.89. The molecule has 2 aromatic carbocycles. The van der Waals surface area contributed by atoms with E-state index in [9.17, 15) is 4.79 Å². The maximum absolute atomic E-state index is 12.4. The highest BCUT2D eigenvalue weighted by Crippen LogP contribution is 2.26. The zero-order chi connectivity index (χ0) is 18.5. The lowest BCUT2D eigenvalue weighted by Gasteiger charge is -2.22. The van der Waals surface area contributed by atoms with Crippen molar-refractivity contribution >= 4 is 29.1 Å². The fourth-order valence-corrected chi connectivity index (χ4v) is 4.13. The van der Waals surface area contributed by atoms with Crippen LogP contribution in [0, 0.1) is 0 Å². The molecule has 2 nitrogen and oxygen atoms in total. The van der Waals surface area contributed by atoms with Crippen LogP contribution in [0.3, 0.4) is 0 Å². The van der Waals surface area contributed by atoms with Crippen molar-refractivity contribution in [2.75, 3.05) is 0 Å². The Morgan fingerprint density at radius 1 is 1.08 bits per heavy atom. The smallest absolute Gasteiger partial charge is 0.220 e. The second-order valence-electron chi connectivity index (χ2n) is 7.00. The van der Waals surface area contributed by atoms with Crippen molar-refractivity contribution < 1.29 is 4.79 Å². The van der Waals surface area contributed by atoms with Crippen LogP contribution in [0.15, 0.2) is 36.4 Å². The van der Waals surface area contributed by atoms with Crippen LogP contribution in [0.25, 0.3) is 0 Å². The van der Waals surface area contributed by atoms with Gasteiger partial charge in [-0.05, 0) is 72.9 Å². The van der Waals surface area contributed by atoms with Crippen molar-refractivity contribution in [3.05, 3.63) is 68.7 Å². The van der Waals surface area contributed by atoms with Crippen LogP contribution in [0.4, 0.5) is 0 Å². The van der Waals surface area contributed by atoms with Gasteiger partial charge in [-0.25, -0.2) is 0 Å². The Labute approximate surface area is 165 Å². The van der Waals surface area contributed by atoms with Gasteiger partial charge in [0.2, 0.25) is 5.91 Å². The van der Waals surface area contributed by atoms with Crippen molar-refractivity contribution in [1.82, 2.24) is 5.32 Å². The van der Waals surface area contributed by atoms with Gasteiger partial charge in [0.1, 0.15) is 0 Å². The summed E-state index contributed by atoms with van der Waals surface area (Å²) in [5.41, 5.74) is 5.09. The van der Waals surface area contributed by atoms with Gasteiger partial charge in [0.15, 0.2) is 0 Å². The predicted octanol–water partition coefficient (Wildman–Crippen LogP) is 6.07. The molecular weight excluding hydrogens is 365 g/mol. The predicted molar refractivity (Wildman–Crippen MR) is 109 cm³/mol. The fourth-order valence-electron chi connectivity index (χ4n) is 3.63. The molecule has 3 rings (SSSR count). The summed E-state index contributed by atoms with van der Waals surface area (Å²) in [6, 6.07) is 12.2. The van der Waals surface area contributed by atoms with Crippen LogP contribution in [-0.2, 0) is 24.1 Å². The number of nitrogens with one attached hydrogen (secondary N) is 1. The third-order valence-corrected chi connectivity index (χ3v) is 5.74. The summed E-state index contributed by atoms with van der Waals surface area (Å²) in [5, 5.41) is 4.41. The molecule has 0 bridgehead atoms. The number of benzene rings is 2. The van der Waals surface area contributed by atoms with Crippen molar-refractivity contribution in [3.63, 3.8) is 0 Å². The van der Waals surface area contributed by atoms with Gasteiger partial charge < -0.3 is 5.32 Å². The Hall–Kier alpha value is -1.51. The molecule has 0 aliphatic heterocycles. The molecule has 138 valence electrons. The third-order valence-electron chi connectivity index (χ3n) is 5.15. The summed E-state index contributed by atoms with van der Waals surface area (Å²) in [6.07, 6.45) is 6.80. The number of carbonyl (C=O) groups is 1. The second-order valence-corrected chi connectivity index (χ2v) is 7.84. The minimum Gasteiger partial charge on any atom is -0.349 e. The molecule has 0 fully saturated rings. The van der Waals surface area contributed by atoms with Crippen molar-refractivity contribution in [2.45, 2.75) is 57.9 Å². The summed E-state index contributed by atoms with van der Waals surface area (Å²) < 4.78 is 0. The molecule has 1 atom stereocenters. The Morgan fingerprint density at radius 2 is 1.85 bits per heavy atom. The molecule has 0 spiro atoms. The molecular formula is C22H25Cl2NO. The number of rotatable bonds is 6. The highest BCUT2D eigenvalue weighted by molar-refractivity contribution is 6.35. The minimum atomic E-state index is 0.0561. The van der Waals surface area contributed by atoms with Crippen LogP contribution in [0.1, 0.15) is 60.9 Å². The Bertz CT molecular complexity index is 788. The summed E-state index contributed by atoms with van der Waals surface area (Å²) in [6.45, 7) is 2.11. The van der Waals surface area contributed by atoms with Gasteiger partial charge in [0.05, 0.1) is 6.04 Å². The van der Waals surface area contributed by atoms with Gasteiger partial charge in [-0.1, -0.05) is 54.4 Å².